The lowest BCUT2D eigenvalue weighted by Gasteiger charge is -2.09. The van der Waals surface area contributed by atoms with Gasteiger partial charge in [-0.05, 0) is 35.8 Å². The number of esters is 1. The van der Waals surface area contributed by atoms with Gasteiger partial charge in [0, 0.05) is 11.5 Å². The van der Waals surface area contributed by atoms with E-state index in [1.807, 2.05) is 6.07 Å². The van der Waals surface area contributed by atoms with E-state index in [0.717, 1.165) is 15.4 Å². The molecule has 0 N–H and O–H groups in total. The molecule has 0 bridgehead atoms. The van der Waals surface area contributed by atoms with Crippen LogP contribution in [0.4, 0.5) is 0 Å². The van der Waals surface area contributed by atoms with Crippen LogP contribution in [0.25, 0.3) is 10.9 Å². The van der Waals surface area contributed by atoms with Gasteiger partial charge in [-0.1, -0.05) is 0 Å². The Morgan fingerprint density at radius 1 is 1.45 bits per heavy atom. The average molecular weight is 338 g/mol. The summed E-state index contributed by atoms with van der Waals surface area (Å²) in [5, 5.41) is 0.794. The minimum absolute atomic E-state index is 0.188. The van der Waals surface area contributed by atoms with Gasteiger partial charge in [-0.2, -0.15) is 0 Å². The number of benzene rings is 1. The van der Waals surface area contributed by atoms with E-state index in [4.69, 9.17) is 14.2 Å². The van der Waals surface area contributed by atoms with Crippen molar-refractivity contribution in [2.75, 3.05) is 13.4 Å². The van der Waals surface area contributed by atoms with E-state index >= 15 is 0 Å². The summed E-state index contributed by atoms with van der Waals surface area (Å²) in [4.78, 5) is 16.4. The van der Waals surface area contributed by atoms with Crippen LogP contribution in [0.15, 0.2) is 16.6 Å². The Morgan fingerprint density at radius 3 is 3.00 bits per heavy atom. The molecule has 0 amide bonds. The molecule has 1 aliphatic heterocycles. The Labute approximate surface area is 124 Å². The topological polar surface area (TPSA) is 57.7 Å². The maximum atomic E-state index is 11.9. The molecule has 5 nitrogen and oxygen atoms in total. The highest BCUT2D eigenvalue weighted by Gasteiger charge is 2.22. The third-order valence-electron chi connectivity index (χ3n) is 3.08. The molecule has 1 aliphatic rings. The Balaban J connectivity index is 2.22. The molecule has 20 heavy (non-hydrogen) atoms. The molecule has 1 aromatic carbocycles. The van der Waals surface area contributed by atoms with Crippen molar-refractivity contribution in [3.05, 3.63) is 27.9 Å². The van der Waals surface area contributed by atoms with Crippen molar-refractivity contribution < 1.29 is 19.0 Å². The Morgan fingerprint density at radius 2 is 2.25 bits per heavy atom. The largest absolute Gasteiger partial charge is 0.462 e. The van der Waals surface area contributed by atoms with E-state index in [1.165, 1.54) is 0 Å². The van der Waals surface area contributed by atoms with Gasteiger partial charge in [0.1, 0.15) is 0 Å². The summed E-state index contributed by atoms with van der Waals surface area (Å²) in [6.45, 7) is 4.08. The number of rotatable bonds is 2. The van der Waals surface area contributed by atoms with E-state index in [2.05, 4.69) is 20.9 Å². The molecule has 2 aromatic rings. The number of aromatic nitrogens is 1. The standard InChI is InChI=1S/C14H12BrNO4/c1-3-18-14(17)8-4-9-10(16-7(8)2)5-11-13(12(9)15)20-6-19-11/h4-5H,3,6H2,1-2H3. The molecular weight excluding hydrogens is 326 g/mol. The van der Waals surface area contributed by atoms with Crippen LogP contribution >= 0.6 is 15.9 Å². The summed E-state index contributed by atoms with van der Waals surface area (Å²) in [6, 6.07) is 3.58. The van der Waals surface area contributed by atoms with Crippen molar-refractivity contribution in [2.24, 2.45) is 0 Å². The molecular formula is C14H12BrNO4. The molecule has 0 spiro atoms. The Bertz CT molecular complexity index is 714. The summed E-state index contributed by atoms with van der Waals surface area (Å²) < 4.78 is 16.5. The first kappa shape index (κ1) is 13.2. The summed E-state index contributed by atoms with van der Waals surface area (Å²) in [5.74, 6) is 0.919. The molecule has 0 saturated carbocycles. The number of ether oxygens (including phenoxy) is 3. The SMILES string of the molecule is CCOC(=O)c1cc2c(Br)c3c(cc2nc1C)OCO3. The zero-order chi connectivity index (χ0) is 14.3. The lowest BCUT2D eigenvalue weighted by Crippen LogP contribution is -2.08. The lowest BCUT2D eigenvalue weighted by molar-refractivity contribution is 0.0525. The normalized spacial score (nSPS) is 12.8. The third-order valence-corrected chi connectivity index (χ3v) is 3.87. The maximum Gasteiger partial charge on any atom is 0.339 e. The van der Waals surface area contributed by atoms with Crippen LogP contribution in [0, 0.1) is 6.92 Å². The van der Waals surface area contributed by atoms with Crippen LogP contribution in [0.5, 0.6) is 11.5 Å². The van der Waals surface area contributed by atoms with Crippen molar-refractivity contribution in [3.8, 4) is 11.5 Å². The van der Waals surface area contributed by atoms with Gasteiger partial charge in [0.05, 0.1) is 27.9 Å². The third kappa shape index (κ3) is 2.00. The van der Waals surface area contributed by atoms with Crippen molar-refractivity contribution in [1.29, 1.82) is 0 Å². The van der Waals surface area contributed by atoms with Gasteiger partial charge in [-0.15, -0.1) is 0 Å². The van der Waals surface area contributed by atoms with E-state index in [-0.39, 0.29) is 12.8 Å². The molecule has 0 unspecified atom stereocenters. The van der Waals surface area contributed by atoms with Crippen LogP contribution in [0.3, 0.4) is 0 Å². The van der Waals surface area contributed by atoms with E-state index < -0.39 is 0 Å². The molecule has 2 heterocycles. The smallest absolute Gasteiger partial charge is 0.339 e. The number of hydrogen-bond donors (Lipinski definition) is 0. The molecule has 0 aliphatic carbocycles. The fourth-order valence-corrected chi connectivity index (χ4v) is 2.77. The summed E-state index contributed by atoms with van der Waals surface area (Å²) in [5.41, 5.74) is 1.83. The number of halogens is 1. The molecule has 104 valence electrons. The number of nitrogens with zero attached hydrogens (tertiary/aromatic N) is 1. The second-order valence-corrected chi connectivity index (χ2v) is 5.13. The van der Waals surface area contributed by atoms with Crippen LogP contribution in [0.1, 0.15) is 23.0 Å². The molecule has 1 aromatic heterocycles. The molecule has 3 rings (SSSR count). The maximum absolute atomic E-state index is 11.9. The predicted octanol–water partition coefficient (Wildman–Crippen LogP) is 3.21. The van der Waals surface area contributed by atoms with Gasteiger partial charge in [0.25, 0.3) is 0 Å². The number of carbonyl (C=O) groups is 1. The molecule has 6 heteroatoms. The fraction of sp³-hybridized carbons (Fsp3) is 0.286. The number of aryl methyl sites for hydroxylation is 1. The molecule has 0 saturated heterocycles. The monoisotopic (exact) mass is 337 g/mol. The van der Waals surface area contributed by atoms with Crippen molar-refractivity contribution in [1.82, 2.24) is 4.98 Å². The summed E-state index contributed by atoms with van der Waals surface area (Å²) in [7, 11) is 0. The number of pyridine rings is 1. The first-order chi connectivity index (χ1) is 9.61. The van der Waals surface area contributed by atoms with Crippen LogP contribution < -0.4 is 9.47 Å². The van der Waals surface area contributed by atoms with Crippen LogP contribution in [0.2, 0.25) is 0 Å². The van der Waals surface area contributed by atoms with Crippen LogP contribution in [-0.2, 0) is 4.74 Å². The lowest BCUT2D eigenvalue weighted by atomic mass is 10.1. The second-order valence-electron chi connectivity index (χ2n) is 4.33. The van der Waals surface area contributed by atoms with E-state index in [1.54, 1.807) is 19.9 Å². The highest BCUT2D eigenvalue weighted by Crippen LogP contribution is 2.43. The van der Waals surface area contributed by atoms with Gasteiger partial charge < -0.3 is 14.2 Å². The van der Waals surface area contributed by atoms with Crippen LogP contribution in [-0.4, -0.2) is 24.4 Å². The predicted molar refractivity (Wildman–Crippen MR) is 76.3 cm³/mol. The fourth-order valence-electron chi connectivity index (χ4n) is 2.14. The molecule has 0 radical (unpaired) electrons. The van der Waals surface area contributed by atoms with Crippen molar-refractivity contribution in [2.45, 2.75) is 13.8 Å². The first-order valence-electron chi connectivity index (χ1n) is 6.18. The highest BCUT2D eigenvalue weighted by atomic mass is 79.9. The first-order valence-corrected chi connectivity index (χ1v) is 6.97. The second kappa shape index (κ2) is 4.94. The van der Waals surface area contributed by atoms with Gasteiger partial charge in [0.15, 0.2) is 11.5 Å². The Hall–Kier alpha value is -1.82. The Kier molecular flexibility index (Phi) is 3.25. The minimum Gasteiger partial charge on any atom is -0.462 e. The van der Waals surface area contributed by atoms with Gasteiger partial charge in [0.2, 0.25) is 6.79 Å². The van der Waals surface area contributed by atoms with E-state index in [0.29, 0.717) is 29.4 Å². The molecule has 0 atom stereocenters. The number of carbonyl (C=O) groups excluding carboxylic acids is 1. The number of hydrogen-bond acceptors (Lipinski definition) is 5. The van der Waals surface area contributed by atoms with Crippen molar-refractivity contribution >= 4 is 32.8 Å². The minimum atomic E-state index is -0.371. The zero-order valence-corrected chi connectivity index (χ0v) is 12.6. The quantitative estimate of drug-likeness (QED) is 0.787. The average Bonchev–Trinajstić information content (AvgIpc) is 2.87. The summed E-state index contributed by atoms with van der Waals surface area (Å²) >= 11 is 3.48. The van der Waals surface area contributed by atoms with Gasteiger partial charge in [-0.3, -0.25) is 4.98 Å². The summed E-state index contributed by atoms with van der Waals surface area (Å²) in [6.07, 6.45) is 0. The molecule has 0 fully saturated rings. The van der Waals surface area contributed by atoms with E-state index in [9.17, 15) is 4.79 Å². The zero-order valence-electron chi connectivity index (χ0n) is 11.0. The number of fused-ring (bicyclic) bond motifs is 2. The van der Waals surface area contributed by atoms with Crippen molar-refractivity contribution in [3.63, 3.8) is 0 Å². The van der Waals surface area contributed by atoms with Gasteiger partial charge in [-0.25, -0.2) is 4.79 Å². The van der Waals surface area contributed by atoms with Gasteiger partial charge >= 0.3 is 5.97 Å². The highest BCUT2D eigenvalue weighted by molar-refractivity contribution is 9.10.